The van der Waals surface area contributed by atoms with Crippen molar-refractivity contribution in [1.82, 2.24) is 20.2 Å². The first-order chi connectivity index (χ1) is 10.2. The summed E-state index contributed by atoms with van der Waals surface area (Å²) in [5.74, 6) is 1.01. The van der Waals surface area contributed by atoms with Crippen molar-refractivity contribution in [2.45, 2.75) is 6.92 Å². The molecule has 0 amide bonds. The van der Waals surface area contributed by atoms with E-state index in [9.17, 15) is 0 Å². The van der Waals surface area contributed by atoms with E-state index in [4.69, 9.17) is 10.5 Å². The second-order valence-corrected chi connectivity index (χ2v) is 4.60. The number of hydrogen-bond donors (Lipinski definition) is 2. The summed E-state index contributed by atoms with van der Waals surface area (Å²) in [7, 11) is 1.64. The molecule has 2 heterocycles. The molecule has 0 atom stereocenters. The Morgan fingerprint density at radius 1 is 1.14 bits per heavy atom. The molecule has 0 saturated carbocycles. The first-order valence-corrected chi connectivity index (χ1v) is 6.47. The lowest BCUT2D eigenvalue weighted by atomic mass is 10.0. The third-order valence-electron chi connectivity index (χ3n) is 3.27. The van der Waals surface area contributed by atoms with Crippen LogP contribution < -0.4 is 10.5 Å². The van der Waals surface area contributed by atoms with Gasteiger partial charge in [0.1, 0.15) is 11.4 Å². The van der Waals surface area contributed by atoms with Crippen molar-refractivity contribution in [1.29, 1.82) is 0 Å². The molecule has 3 aromatic rings. The largest absolute Gasteiger partial charge is 0.496 e. The molecule has 0 fully saturated rings. The molecule has 0 unspecified atom stereocenters. The van der Waals surface area contributed by atoms with Crippen molar-refractivity contribution < 1.29 is 4.74 Å². The zero-order valence-corrected chi connectivity index (χ0v) is 11.8. The number of hydrogen-bond acceptors (Lipinski definition) is 5. The van der Waals surface area contributed by atoms with Crippen LogP contribution in [0.15, 0.2) is 36.7 Å². The summed E-state index contributed by atoms with van der Waals surface area (Å²) in [6.45, 7) is 1.96. The second kappa shape index (κ2) is 5.24. The topological polar surface area (TPSA) is 89.7 Å². The molecule has 3 rings (SSSR count). The summed E-state index contributed by atoms with van der Waals surface area (Å²) >= 11 is 0. The summed E-state index contributed by atoms with van der Waals surface area (Å²) < 4.78 is 5.41. The van der Waals surface area contributed by atoms with Gasteiger partial charge in [0, 0.05) is 34.8 Å². The Morgan fingerprint density at radius 3 is 2.57 bits per heavy atom. The van der Waals surface area contributed by atoms with Gasteiger partial charge in [0.25, 0.3) is 0 Å². The van der Waals surface area contributed by atoms with Crippen LogP contribution in [0.25, 0.3) is 22.4 Å². The number of aromatic amines is 1. The van der Waals surface area contributed by atoms with Crippen molar-refractivity contribution in [3.8, 4) is 28.1 Å². The summed E-state index contributed by atoms with van der Waals surface area (Å²) in [6.07, 6.45) is 3.39. The Kier molecular flexibility index (Phi) is 3.27. The van der Waals surface area contributed by atoms with Gasteiger partial charge in [0.2, 0.25) is 5.95 Å². The monoisotopic (exact) mass is 281 g/mol. The Hall–Kier alpha value is -2.89. The van der Waals surface area contributed by atoms with Gasteiger partial charge >= 0.3 is 0 Å². The fourth-order valence-electron chi connectivity index (χ4n) is 2.28. The molecule has 21 heavy (non-hydrogen) atoms. The summed E-state index contributed by atoms with van der Waals surface area (Å²) in [6, 6.07) is 7.75. The first-order valence-electron chi connectivity index (χ1n) is 6.47. The SMILES string of the molecule is COc1ccccc1-c1n[nH]c(C)c1-c1cnc(N)nc1. The predicted molar refractivity (Wildman–Crippen MR) is 80.8 cm³/mol. The van der Waals surface area contributed by atoms with Gasteiger partial charge in [-0.2, -0.15) is 5.10 Å². The van der Waals surface area contributed by atoms with E-state index in [1.165, 1.54) is 0 Å². The number of nitrogens with one attached hydrogen (secondary N) is 1. The van der Waals surface area contributed by atoms with Crippen LogP contribution in [0.5, 0.6) is 5.75 Å². The number of para-hydroxylation sites is 1. The molecule has 0 bridgehead atoms. The zero-order valence-electron chi connectivity index (χ0n) is 11.8. The number of methoxy groups -OCH3 is 1. The van der Waals surface area contributed by atoms with E-state index in [1.807, 2.05) is 31.2 Å². The lowest BCUT2D eigenvalue weighted by Gasteiger charge is -2.08. The normalized spacial score (nSPS) is 10.6. The summed E-state index contributed by atoms with van der Waals surface area (Å²) in [4.78, 5) is 8.09. The van der Waals surface area contributed by atoms with Crippen molar-refractivity contribution in [3.63, 3.8) is 0 Å². The molecule has 106 valence electrons. The van der Waals surface area contributed by atoms with Crippen LogP contribution in [-0.4, -0.2) is 27.3 Å². The molecular formula is C15H15N5O. The van der Waals surface area contributed by atoms with Crippen molar-refractivity contribution in [2.24, 2.45) is 0 Å². The van der Waals surface area contributed by atoms with Crippen LogP contribution in [0, 0.1) is 6.92 Å². The van der Waals surface area contributed by atoms with Crippen LogP contribution >= 0.6 is 0 Å². The number of benzene rings is 1. The van der Waals surface area contributed by atoms with Gasteiger partial charge in [-0.05, 0) is 19.1 Å². The van der Waals surface area contributed by atoms with E-state index >= 15 is 0 Å². The molecule has 6 nitrogen and oxygen atoms in total. The van der Waals surface area contributed by atoms with Crippen LogP contribution in [-0.2, 0) is 0 Å². The van der Waals surface area contributed by atoms with E-state index in [0.29, 0.717) is 0 Å². The van der Waals surface area contributed by atoms with Gasteiger partial charge in [-0.25, -0.2) is 9.97 Å². The Morgan fingerprint density at radius 2 is 1.86 bits per heavy atom. The molecule has 1 aromatic carbocycles. The van der Waals surface area contributed by atoms with Crippen molar-refractivity contribution in [2.75, 3.05) is 12.8 Å². The maximum absolute atomic E-state index is 5.55. The highest BCUT2D eigenvalue weighted by Gasteiger charge is 2.17. The molecule has 0 aliphatic rings. The maximum Gasteiger partial charge on any atom is 0.219 e. The zero-order chi connectivity index (χ0) is 14.8. The Balaban J connectivity index is 2.19. The van der Waals surface area contributed by atoms with E-state index in [-0.39, 0.29) is 5.95 Å². The lowest BCUT2D eigenvalue weighted by Crippen LogP contribution is -1.95. The summed E-state index contributed by atoms with van der Waals surface area (Å²) in [5, 5.41) is 7.41. The van der Waals surface area contributed by atoms with Gasteiger partial charge in [-0.1, -0.05) is 12.1 Å². The number of nitrogen functional groups attached to an aromatic ring is 1. The van der Waals surface area contributed by atoms with Gasteiger partial charge < -0.3 is 10.5 Å². The number of nitrogens with zero attached hydrogens (tertiary/aromatic N) is 3. The molecule has 0 spiro atoms. The average molecular weight is 281 g/mol. The molecule has 2 aromatic heterocycles. The fraction of sp³-hybridized carbons (Fsp3) is 0.133. The fourth-order valence-corrected chi connectivity index (χ4v) is 2.28. The first kappa shape index (κ1) is 13.1. The Labute approximate surface area is 122 Å². The minimum atomic E-state index is 0.249. The number of rotatable bonds is 3. The Bertz CT molecular complexity index is 764. The standard InChI is InChI=1S/C15H15N5O/c1-9-13(10-7-17-15(16)18-8-10)14(20-19-9)11-5-3-4-6-12(11)21-2/h3-8H,1-2H3,(H,19,20)(H2,16,17,18). The van der Waals surface area contributed by atoms with E-state index in [1.54, 1.807) is 19.5 Å². The molecule has 0 radical (unpaired) electrons. The van der Waals surface area contributed by atoms with Crippen LogP contribution in [0.3, 0.4) is 0 Å². The quantitative estimate of drug-likeness (QED) is 0.769. The minimum absolute atomic E-state index is 0.249. The molecule has 0 saturated heterocycles. The van der Waals surface area contributed by atoms with Gasteiger partial charge in [-0.3, -0.25) is 5.10 Å². The van der Waals surface area contributed by atoms with Crippen molar-refractivity contribution in [3.05, 3.63) is 42.4 Å². The minimum Gasteiger partial charge on any atom is -0.496 e. The van der Waals surface area contributed by atoms with Gasteiger partial charge in [-0.15, -0.1) is 0 Å². The molecule has 6 heteroatoms. The summed E-state index contributed by atoms with van der Waals surface area (Å²) in [5.41, 5.74) is 10.0. The average Bonchev–Trinajstić information content (AvgIpc) is 2.90. The highest BCUT2D eigenvalue weighted by Crippen LogP contribution is 2.36. The van der Waals surface area contributed by atoms with E-state index in [0.717, 1.165) is 33.8 Å². The smallest absolute Gasteiger partial charge is 0.219 e. The highest BCUT2D eigenvalue weighted by molar-refractivity contribution is 5.84. The number of nitrogens with two attached hydrogens (primary N) is 1. The number of anilines is 1. The van der Waals surface area contributed by atoms with E-state index < -0.39 is 0 Å². The predicted octanol–water partition coefficient (Wildman–Crippen LogP) is 2.43. The van der Waals surface area contributed by atoms with Crippen molar-refractivity contribution >= 4 is 5.95 Å². The van der Waals surface area contributed by atoms with Gasteiger partial charge in [0.05, 0.1) is 7.11 Å². The van der Waals surface area contributed by atoms with E-state index in [2.05, 4.69) is 20.2 Å². The van der Waals surface area contributed by atoms with Gasteiger partial charge in [0.15, 0.2) is 0 Å². The number of aryl methyl sites for hydroxylation is 1. The number of ether oxygens (including phenoxy) is 1. The molecule has 0 aliphatic carbocycles. The third kappa shape index (κ3) is 2.31. The third-order valence-corrected chi connectivity index (χ3v) is 3.27. The molecule has 0 aliphatic heterocycles. The van der Waals surface area contributed by atoms with Crippen LogP contribution in [0.4, 0.5) is 5.95 Å². The molecule has 3 N–H and O–H groups in total. The number of H-pyrrole nitrogens is 1. The highest BCUT2D eigenvalue weighted by atomic mass is 16.5. The van der Waals surface area contributed by atoms with Crippen LogP contribution in [0.1, 0.15) is 5.69 Å². The second-order valence-electron chi connectivity index (χ2n) is 4.60. The lowest BCUT2D eigenvalue weighted by molar-refractivity contribution is 0.416. The number of aromatic nitrogens is 4. The molecular weight excluding hydrogens is 266 g/mol. The maximum atomic E-state index is 5.55. The van der Waals surface area contributed by atoms with Crippen LogP contribution in [0.2, 0.25) is 0 Å².